The van der Waals surface area contributed by atoms with E-state index >= 15 is 0 Å². The first-order valence-corrected chi connectivity index (χ1v) is 6.25. The predicted octanol–water partition coefficient (Wildman–Crippen LogP) is 2.53. The Labute approximate surface area is 138 Å². The average molecular weight is 327 g/mol. The van der Waals surface area contributed by atoms with Crippen molar-refractivity contribution in [2.45, 2.75) is 6.92 Å². The minimum atomic E-state index is 0.750. The van der Waals surface area contributed by atoms with Crippen molar-refractivity contribution in [3.63, 3.8) is 0 Å². The van der Waals surface area contributed by atoms with Crippen LogP contribution >= 0.6 is 0 Å². The van der Waals surface area contributed by atoms with Gasteiger partial charge in [0.2, 0.25) is 18.2 Å². The fraction of sp³-hybridized carbons (Fsp3) is 0.0625. The summed E-state index contributed by atoms with van der Waals surface area (Å²) in [6.07, 6.45) is 2.25. The summed E-state index contributed by atoms with van der Waals surface area (Å²) in [6.45, 7) is 2.01. The van der Waals surface area contributed by atoms with E-state index in [1.54, 1.807) is 0 Å². The smallest absolute Gasteiger partial charge is 0.231 e. The number of isocyanates is 3. The summed E-state index contributed by atoms with van der Waals surface area (Å²) in [7, 11) is 0. The van der Waals surface area contributed by atoms with E-state index in [2.05, 4.69) is 6.07 Å². The van der Waals surface area contributed by atoms with Crippen molar-refractivity contribution in [3.05, 3.63) is 48.0 Å². The van der Waals surface area contributed by atoms with Crippen molar-refractivity contribution in [1.82, 2.24) is 0 Å². The maximum atomic E-state index is 8.35. The number of anilines is 2. The van der Waals surface area contributed by atoms with Crippen molar-refractivity contribution < 1.29 is 14.4 Å². The first-order chi connectivity index (χ1) is 11.4. The van der Waals surface area contributed by atoms with Crippen LogP contribution in [-0.2, 0) is 14.4 Å². The van der Waals surface area contributed by atoms with Crippen LogP contribution in [0.2, 0.25) is 0 Å². The molecule has 0 aromatic heterocycles. The summed E-state index contributed by atoms with van der Waals surface area (Å²) in [5, 5.41) is 16.2. The molecule has 0 amide bonds. The van der Waals surface area contributed by atoms with Crippen LogP contribution in [-0.4, -0.2) is 18.2 Å². The van der Waals surface area contributed by atoms with Crippen molar-refractivity contribution in [1.29, 1.82) is 16.2 Å². The number of hydrogen-bond donors (Lipinski definition) is 5. The summed E-state index contributed by atoms with van der Waals surface area (Å²) in [5.74, 6) is 0. The van der Waals surface area contributed by atoms with Gasteiger partial charge in [-0.05, 0) is 47.9 Å². The first kappa shape index (κ1) is 22.5. The van der Waals surface area contributed by atoms with Crippen LogP contribution in [0.25, 0.3) is 11.1 Å². The molecule has 24 heavy (non-hydrogen) atoms. The summed E-state index contributed by atoms with van der Waals surface area (Å²) < 4.78 is 0. The molecule has 0 aliphatic heterocycles. The Morgan fingerprint density at radius 3 is 1.50 bits per heavy atom. The van der Waals surface area contributed by atoms with E-state index in [1.165, 1.54) is 5.56 Å². The van der Waals surface area contributed by atoms with Gasteiger partial charge < -0.3 is 11.5 Å². The van der Waals surface area contributed by atoms with Crippen molar-refractivity contribution in [2.75, 3.05) is 11.5 Å². The molecule has 0 aliphatic rings. The Kier molecular flexibility index (Phi) is 13.2. The molecule has 124 valence electrons. The van der Waals surface area contributed by atoms with Crippen molar-refractivity contribution in [2.24, 2.45) is 0 Å². The second kappa shape index (κ2) is 14.1. The Balaban J connectivity index is 0. The zero-order valence-electron chi connectivity index (χ0n) is 12.9. The minimum absolute atomic E-state index is 0.750. The van der Waals surface area contributed by atoms with Crippen LogP contribution < -0.4 is 11.5 Å². The number of nitrogen functional groups attached to an aromatic ring is 2. The predicted molar refractivity (Wildman–Crippen MR) is 90.7 cm³/mol. The number of rotatable bonds is 1. The standard InChI is InChI=1S/C13H14N2.3CHNO/c1-9-8-11(4-7-13(9)15)10-2-5-12(14)6-3-10;3*2-1-3/h2-8H,14-15H2,1H3;3*2H. The van der Waals surface area contributed by atoms with E-state index in [-0.39, 0.29) is 0 Å². The molecule has 2 aromatic rings. The number of nitrogens with one attached hydrogen (secondary N) is 3. The van der Waals surface area contributed by atoms with E-state index in [9.17, 15) is 0 Å². The number of hydrogen-bond acceptors (Lipinski definition) is 8. The van der Waals surface area contributed by atoms with Gasteiger partial charge in [-0.15, -0.1) is 0 Å². The molecular weight excluding hydrogens is 310 g/mol. The molecule has 8 heteroatoms. The Morgan fingerprint density at radius 2 is 1.12 bits per heavy atom. The molecule has 0 bridgehead atoms. The molecule has 0 heterocycles. The van der Waals surface area contributed by atoms with Crippen LogP contribution in [0.1, 0.15) is 5.56 Å². The molecule has 0 spiro atoms. The van der Waals surface area contributed by atoms with E-state index in [4.69, 9.17) is 42.1 Å². The van der Waals surface area contributed by atoms with Gasteiger partial charge in [0.1, 0.15) is 0 Å². The zero-order chi connectivity index (χ0) is 19.0. The van der Waals surface area contributed by atoms with Gasteiger partial charge in [-0.3, -0.25) is 0 Å². The Morgan fingerprint density at radius 1 is 0.750 bits per heavy atom. The van der Waals surface area contributed by atoms with Gasteiger partial charge in [-0.1, -0.05) is 18.2 Å². The Hall–Kier alpha value is -3.82. The molecule has 7 N–H and O–H groups in total. The third kappa shape index (κ3) is 9.99. The average Bonchev–Trinajstić information content (AvgIpc) is 2.53. The third-order valence-corrected chi connectivity index (χ3v) is 2.51. The topological polar surface area (TPSA) is 175 Å². The third-order valence-electron chi connectivity index (χ3n) is 2.51. The molecule has 0 atom stereocenters. The normalized spacial score (nSPS) is 7.38. The van der Waals surface area contributed by atoms with Gasteiger partial charge in [0, 0.05) is 11.4 Å². The first-order valence-electron chi connectivity index (χ1n) is 6.25. The maximum Gasteiger partial charge on any atom is 0.231 e. The fourth-order valence-electron chi connectivity index (χ4n) is 1.53. The highest BCUT2D eigenvalue weighted by Crippen LogP contribution is 2.23. The van der Waals surface area contributed by atoms with Crippen LogP contribution in [0.5, 0.6) is 0 Å². The molecule has 0 saturated heterocycles. The number of nitrogens with two attached hydrogens (primary N) is 2. The van der Waals surface area contributed by atoms with Crippen LogP contribution in [0.4, 0.5) is 11.4 Å². The van der Waals surface area contributed by atoms with Crippen molar-refractivity contribution in [3.8, 4) is 11.1 Å². The summed E-state index contributed by atoms with van der Waals surface area (Å²) in [5.41, 5.74) is 16.4. The highest BCUT2D eigenvalue weighted by molar-refractivity contribution is 5.68. The lowest BCUT2D eigenvalue weighted by atomic mass is 10.0. The maximum absolute atomic E-state index is 8.35. The molecule has 0 radical (unpaired) electrons. The Bertz CT molecular complexity index is 695. The minimum Gasteiger partial charge on any atom is -0.399 e. The van der Waals surface area contributed by atoms with Crippen LogP contribution in [0.3, 0.4) is 0 Å². The highest BCUT2D eigenvalue weighted by Gasteiger charge is 1.99. The second-order valence-corrected chi connectivity index (χ2v) is 4.00. The molecule has 0 saturated carbocycles. The van der Waals surface area contributed by atoms with Gasteiger partial charge in [0.25, 0.3) is 0 Å². The molecule has 2 aromatic carbocycles. The van der Waals surface area contributed by atoms with Gasteiger partial charge in [-0.2, -0.15) is 0 Å². The van der Waals surface area contributed by atoms with Gasteiger partial charge in [0.05, 0.1) is 0 Å². The fourth-order valence-corrected chi connectivity index (χ4v) is 1.53. The zero-order valence-corrected chi connectivity index (χ0v) is 12.9. The SMILES string of the molecule is Cc1cc(-c2ccc(N)cc2)ccc1N.N=C=O.N=C=O.N=C=O. The van der Waals surface area contributed by atoms with E-state index in [1.807, 2.05) is 43.3 Å². The monoisotopic (exact) mass is 327 g/mol. The van der Waals surface area contributed by atoms with Gasteiger partial charge >= 0.3 is 0 Å². The number of benzene rings is 2. The van der Waals surface area contributed by atoms with Crippen LogP contribution in [0.15, 0.2) is 42.5 Å². The summed E-state index contributed by atoms with van der Waals surface area (Å²) >= 11 is 0. The van der Waals surface area contributed by atoms with Gasteiger partial charge in [0.15, 0.2) is 0 Å². The number of aryl methyl sites for hydroxylation is 1. The van der Waals surface area contributed by atoms with E-state index in [0.29, 0.717) is 0 Å². The lowest BCUT2D eigenvalue weighted by Crippen LogP contribution is -1.89. The molecule has 2 rings (SSSR count). The quantitative estimate of drug-likeness (QED) is 0.306. The number of carbonyl (C=O) groups excluding carboxylic acids is 3. The molecule has 0 fully saturated rings. The van der Waals surface area contributed by atoms with Crippen LogP contribution in [0, 0.1) is 23.2 Å². The second-order valence-electron chi connectivity index (χ2n) is 4.00. The van der Waals surface area contributed by atoms with E-state index < -0.39 is 0 Å². The lowest BCUT2D eigenvalue weighted by Gasteiger charge is -2.05. The summed E-state index contributed by atoms with van der Waals surface area (Å²) in [4.78, 5) is 25.0. The molecule has 0 aliphatic carbocycles. The lowest BCUT2D eigenvalue weighted by molar-refractivity contribution is 0.562. The summed E-state index contributed by atoms with van der Waals surface area (Å²) in [6, 6.07) is 13.9. The molecule has 8 nitrogen and oxygen atoms in total. The van der Waals surface area contributed by atoms with Gasteiger partial charge in [-0.25, -0.2) is 30.6 Å². The van der Waals surface area contributed by atoms with Crippen molar-refractivity contribution >= 4 is 29.6 Å². The highest BCUT2D eigenvalue weighted by atomic mass is 16.1. The van der Waals surface area contributed by atoms with E-state index in [0.717, 1.165) is 40.7 Å². The molecular formula is C16H17N5O3. The molecule has 0 unspecified atom stereocenters. The largest absolute Gasteiger partial charge is 0.399 e.